The van der Waals surface area contributed by atoms with E-state index in [-0.39, 0.29) is 24.3 Å². The van der Waals surface area contributed by atoms with Crippen molar-refractivity contribution in [2.24, 2.45) is 0 Å². The first-order valence-corrected chi connectivity index (χ1v) is 16.5. The van der Waals surface area contributed by atoms with Crippen LogP contribution in [0.3, 0.4) is 0 Å². The molecule has 47 heavy (non-hydrogen) atoms. The Morgan fingerprint density at radius 3 is 2.21 bits per heavy atom. The average molecular weight is 650 g/mol. The normalized spacial score (nSPS) is 14.2. The van der Waals surface area contributed by atoms with Crippen molar-refractivity contribution in [2.75, 3.05) is 38.5 Å². The van der Waals surface area contributed by atoms with Gasteiger partial charge in [-0.25, -0.2) is 9.78 Å². The zero-order valence-electron chi connectivity index (χ0n) is 25.9. The molecule has 4 aromatic heterocycles. The van der Waals surface area contributed by atoms with Gasteiger partial charge in [0, 0.05) is 61.4 Å². The van der Waals surface area contributed by atoms with E-state index in [0.29, 0.717) is 42.5 Å². The fourth-order valence-electron chi connectivity index (χ4n) is 5.66. The standard InChI is InChI=1S/C35H35N7O4S/c1-2-46-35(45)25-11-9-17-38-33(25)47-23-30(40-32(43)29-22-24-10-3-4-12-26(24)39-29)34(44)42-20-18-41(19-21-42)31(27-13-5-7-15-36-27)28-14-6-8-16-37-28/h3-17,22,30-31,39H,2,18-21,23H2,1H3,(H,40,43)/t30-/m0/s1. The Kier molecular flexibility index (Phi) is 10.2. The molecule has 2 amide bonds. The molecule has 1 atom stereocenters. The molecule has 1 aliphatic rings. The minimum absolute atomic E-state index is 0.159. The highest BCUT2D eigenvalue weighted by molar-refractivity contribution is 7.99. The van der Waals surface area contributed by atoms with Crippen LogP contribution < -0.4 is 5.32 Å². The quantitative estimate of drug-likeness (QED) is 0.158. The third-order valence-corrected chi connectivity index (χ3v) is 9.06. The molecule has 12 heteroatoms. The van der Waals surface area contributed by atoms with Gasteiger partial charge in [0.05, 0.1) is 29.6 Å². The molecule has 0 aliphatic carbocycles. The van der Waals surface area contributed by atoms with Gasteiger partial charge >= 0.3 is 5.97 Å². The van der Waals surface area contributed by atoms with E-state index in [4.69, 9.17) is 4.74 Å². The van der Waals surface area contributed by atoms with Crippen molar-refractivity contribution in [3.63, 3.8) is 0 Å². The summed E-state index contributed by atoms with van der Waals surface area (Å²) in [6.45, 7) is 4.06. The van der Waals surface area contributed by atoms with Crippen LogP contribution in [0.5, 0.6) is 0 Å². The number of esters is 1. The van der Waals surface area contributed by atoms with E-state index < -0.39 is 17.9 Å². The maximum absolute atomic E-state index is 14.1. The molecule has 0 spiro atoms. The lowest BCUT2D eigenvalue weighted by atomic mass is 10.1. The highest BCUT2D eigenvalue weighted by atomic mass is 32.2. The maximum atomic E-state index is 14.1. The number of para-hydroxylation sites is 1. The van der Waals surface area contributed by atoms with Crippen molar-refractivity contribution in [1.82, 2.24) is 35.1 Å². The van der Waals surface area contributed by atoms with Crippen LogP contribution in [0, 0.1) is 0 Å². The van der Waals surface area contributed by atoms with Gasteiger partial charge in [-0.05, 0) is 55.5 Å². The fourth-order valence-corrected chi connectivity index (χ4v) is 6.65. The molecule has 240 valence electrons. The van der Waals surface area contributed by atoms with Crippen molar-refractivity contribution in [2.45, 2.75) is 24.0 Å². The highest BCUT2D eigenvalue weighted by Gasteiger charge is 2.33. The number of ether oxygens (including phenoxy) is 1. The molecule has 6 rings (SSSR count). The Labute approximate surface area is 276 Å². The first kappa shape index (κ1) is 31.9. The number of benzene rings is 1. The minimum Gasteiger partial charge on any atom is -0.462 e. The molecule has 5 heterocycles. The number of carbonyl (C=O) groups is 3. The summed E-state index contributed by atoms with van der Waals surface area (Å²) in [6, 6.07) is 23.3. The number of H-pyrrole nitrogens is 1. The number of hydrogen-bond acceptors (Lipinski definition) is 9. The number of fused-ring (bicyclic) bond motifs is 1. The molecule has 0 radical (unpaired) electrons. The van der Waals surface area contributed by atoms with E-state index in [9.17, 15) is 14.4 Å². The number of piperazine rings is 1. The van der Waals surface area contributed by atoms with Crippen molar-refractivity contribution in [3.05, 3.63) is 120 Å². The third kappa shape index (κ3) is 7.50. The van der Waals surface area contributed by atoms with Gasteiger partial charge in [0.25, 0.3) is 5.91 Å². The summed E-state index contributed by atoms with van der Waals surface area (Å²) in [4.78, 5) is 61.1. The molecule has 0 saturated carbocycles. The van der Waals surface area contributed by atoms with Crippen LogP contribution >= 0.6 is 11.8 Å². The molecule has 1 fully saturated rings. The second kappa shape index (κ2) is 15.0. The largest absolute Gasteiger partial charge is 0.462 e. The number of rotatable bonds is 11. The summed E-state index contributed by atoms with van der Waals surface area (Å²) < 4.78 is 5.21. The highest BCUT2D eigenvalue weighted by Crippen LogP contribution is 2.28. The first-order chi connectivity index (χ1) is 23.0. The summed E-state index contributed by atoms with van der Waals surface area (Å²) in [6.07, 6.45) is 5.14. The molecule has 0 bridgehead atoms. The molecule has 5 aromatic rings. The number of aromatic amines is 1. The van der Waals surface area contributed by atoms with Gasteiger partial charge in [-0.3, -0.25) is 24.5 Å². The molecule has 1 saturated heterocycles. The van der Waals surface area contributed by atoms with Gasteiger partial charge in [-0.2, -0.15) is 0 Å². The Hall–Kier alpha value is -5.07. The monoisotopic (exact) mass is 649 g/mol. The lowest BCUT2D eigenvalue weighted by molar-refractivity contribution is -0.134. The van der Waals surface area contributed by atoms with Crippen molar-refractivity contribution in [1.29, 1.82) is 0 Å². The zero-order valence-corrected chi connectivity index (χ0v) is 26.7. The molecule has 2 N–H and O–H groups in total. The third-order valence-electron chi connectivity index (χ3n) is 7.96. The van der Waals surface area contributed by atoms with Crippen LogP contribution in [0.1, 0.15) is 45.2 Å². The van der Waals surface area contributed by atoms with Crippen LogP contribution in [0.2, 0.25) is 0 Å². The second-order valence-electron chi connectivity index (χ2n) is 11.0. The van der Waals surface area contributed by atoms with Gasteiger partial charge in [0.1, 0.15) is 16.8 Å². The van der Waals surface area contributed by atoms with Gasteiger partial charge in [-0.15, -0.1) is 11.8 Å². The maximum Gasteiger partial charge on any atom is 0.340 e. The van der Waals surface area contributed by atoms with Crippen molar-refractivity contribution in [3.8, 4) is 0 Å². The molecule has 1 aromatic carbocycles. The van der Waals surface area contributed by atoms with Gasteiger partial charge < -0.3 is 19.9 Å². The Morgan fingerprint density at radius 1 is 0.872 bits per heavy atom. The summed E-state index contributed by atoms with van der Waals surface area (Å²) in [5.41, 5.74) is 3.28. The summed E-state index contributed by atoms with van der Waals surface area (Å²) in [5.74, 6) is -0.920. The minimum atomic E-state index is -0.884. The topological polar surface area (TPSA) is 133 Å². The van der Waals surface area contributed by atoms with E-state index in [0.717, 1.165) is 22.3 Å². The predicted molar refractivity (Wildman–Crippen MR) is 179 cm³/mol. The fraction of sp³-hybridized carbons (Fsp3) is 0.257. The number of pyridine rings is 3. The van der Waals surface area contributed by atoms with Crippen LogP contribution in [0.15, 0.2) is 102 Å². The van der Waals surface area contributed by atoms with Crippen molar-refractivity contribution < 1.29 is 19.1 Å². The van der Waals surface area contributed by atoms with E-state index in [1.54, 1.807) is 48.6 Å². The second-order valence-corrected chi connectivity index (χ2v) is 12.0. The van der Waals surface area contributed by atoms with Crippen LogP contribution in [0.25, 0.3) is 10.9 Å². The van der Waals surface area contributed by atoms with Gasteiger partial charge in [0.2, 0.25) is 5.91 Å². The Morgan fingerprint density at radius 2 is 1.55 bits per heavy atom. The SMILES string of the molecule is CCOC(=O)c1cccnc1SC[C@H](NC(=O)c1cc2ccccc2[nH]1)C(=O)N1CCN(C(c2ccccn2)c2ccccn2)CC1. The van der Waals surface area contributed by atoms with E-state index in [1.807, 2.05) is 60.7 Å². The number of hydrogen-bond donors (Lipinski definition) is 2. The molecular weight excluding hydrogens is 614 g/mol. The Bertz CT molecular complexity index is 1760. The van der Waals surface area contributed by atoms with E-state index in [1.165, 1.54) is 11.8 Å². The molecule has 1 aliphatic heterocycles. The summed E-state index contributed by atoms with van der Waals surface area (Å²) in [5, 5.41) is 4.29. The predicted octanol–water partition coefficient (Wildman–Crippen LogP) is 4.35. The van der Waals surface area contributed by atoms with Crippen molar-refractivity contribution >= 4 is 40.4 Å². The van der Waals surface area contributed by atoms with Gasteiger partial charge in [-0.1, -0.05) is 30.3 Å². The van der Waals surface area contributed by atoms with E-state index >= 15 is 0 Å². The van der Waals surface area contributed by atoms with Crippen LogP contribution in [-0.4, -0.2) is 92.1 Å². The van der Waals surface area contributed by atoms with E-state index in [2.05, 4.69) is 30.2 Å². The lowest BCUT2D eigenvalue weighted by Gasteiger charge is -2.39. The smallest absolute Gasteiger partial charge is 0.340 e. The van der Waals surface area contributed by atoms with Crippen LogP contribution in [-0.2, 0) is 9.53 Å². The number of amides is 2. The lowest BCUT2D eigenvalue weighted by Crippen LogP contribution is -2.56. The summed E-state index contributed by atoms with van der Waals surface area (Å²) in [7, 11) is 0. The first-order valence-electron chi connectivity index (χ1n) is 15.5. The van der Waals surface area contributed by atoms with Gasteiger partial charge in [0.15, 0.2) is 0 Å². The molecule has 0 unspecified atom stereocenters. The Balaban J connectivity index is 1.20. The number of carbonyl (C=O) groups excluding carboxylic acids is 3. The number of nitrogens with zero attached hydrogens (tertiary/aromatic N) is 5. The number of aromatic nitrogens is 4. The van der Waals surface area contributed by atoms with Crippen LogP contribution in [0.4, 0.5) is 0 Å². The zero-order chi connectivity index (χ0) is 32.6. The molecule has 11 nitrogen and oxygen atoms in total. The molecular formula is C35H35N7O4S. The summed E-state index contributed by atoms with van der Waals surface area (Å²) >= 11 is 1.23. The number of thioether (sulfide) groups is 1. The average Bonchev–Trinajstić information content (AvgIpc) is 3.56. The number of nitrogens with one attached hydrogen (secondary N) is 2.